The first kappa shape index (κ1) is 35.1. The maximum Gasteiger partial charge on any atom is 0.410 e. The first-order valence-corrected chi connectivity index (χ1v) is 18.1. The second kappa shape index (κ2) is 14.7. The van der Waals surface area contributed by atoms with Crippen molar-refractivity contribution >= 4 is 45.2 Å². The van der Waals surface area contributed by atoms with Crippen LogP contribution in [0.4, 0.5) is 15.0 Å². The molecule has 0 aliphatic carbocycles. The van der Waals surface area contributed by atoms with Gasteiger partial charge in [-0.3, -0.25) is 9.88 Å². The highest BCUT2D eigenvalue weighted by Crippen LogP contribution is 2.38. The minimum Gasteiger partial charge on any atom is -0.460 e. The van der Waals surface area contributed by atoms with Gasteiger partial charge in [0.2, 0.25) is 0 Å². The van der Waals surface area contributed by atoms with Crippen LogP contribution in [0.25, 0.3) is 32.9 Å². The van der Waals surface area contributed by atoms with Crippen molar-refractivity contribution in [1.82, 2.24) is 24.8 Å². The van der Waals surface area contributed by atoms with E-state index in [9.17, 15) is 10.1 Å². The number of pyridine rings is 1. The number of anilines is 1. The summed E-state index contributed by atoms with van der Waals surface area (Å²) in [6.07, 6.45) is 4.74. The van der Waals surface area contributed by atoms with Gasteiger partial charge in [-0.2, -0.15) is 15.2 Å². The van der Waals surface area contributed by atoms with Crippen LogP contribution in [-0.2, 0) is 9.47 Å². The summed E-state index contributed by atoms with van der Waals surface area (Å²) in [4.78, 5) is 33.4. The quantitative estimate of drug-likeness (QED) is 0.207. The molecule has 13 heteroatoms. The monoisotopic (exact) mass is 715 g/mol. The van der Waals surface area contributed by atoms with Gasteiger partial charge in [-0.05, 0) is 57.9 Å². The summed E-state index contributed by atoms with van der Waals surface area (Å²) < 4.78 is 34.6. The number of carbonyl (C=O) groups is 1. The second-order valence-electron chi connectivity index (χ2n) is 14.5. The number of halogens is 2. The largest absolute Gasteiger partial charge is 0.460 e. The number of benzene rings is 2. The van der Waals surface area contributed by atoms with Gasteiger partial charge in [-0.15, -0.1) is 0 Å². The zero-order valence-corrected chi connectivity index (χ0v) is 30.0. The van der Waals surface area contributed by atoms with E-state index >= 15 is 4.39 Å². The number of piperazine rings is 1. The number of amides is 1. The SMILES string of the molecule is CC(C)(C)OC(=O)N1CCN(c2nc(OC3CCN(C4CCOCC4)CC3)nc3c(F)c(-c4cccc5cccc(Cl)c45)ncc23)C[C@@H]1CC#N. The molecule has 0 N–H and O–H groups in total. The van der Waals surface area contributed by atoms with Gasteiger partial charge in [-0.25, -0.2) is 9.18 Å². The smallest absolute Gasteiger partial charge is 0.410 e. The van der Waals surface area contributed by atoms with E-state index in [0.29, 0.717) is 39.8 Å². The molecule has 11 nitrogen and oxygen atoms in total. The lowest BCUT2D eigenvalue weighted by Crippen LogP contribution is -2.56. The van der Waals surface area contributed by atoms with E-state index in [2.05, 4.69) is 20.9 Å². The van der Waals surface area contributed by atoms with Crippen molar-refractivity contribution in [3.05, 3.63) is 53.4 Å². The number of aromatic nitrogens is 3. The maximum atomic E-state index is 16.9. The summed E-state index contributed by atoms with van der Waals surface area (Å²) in [6.45, 7) is 9.75. The molecule has 0 spiro atoms. The highest BCUT2D eigenvalue weighted by Gasteiger charge is 2.35. The molecular weight excluding hydrogens is 673 g/mol. The van der Waals surface area contributed by atoms with Crippen molar-refractivity contribution in [2.45, 2.75) is 76.7 Å². The number of carbonyl (C=O) groups excluding carboxylic acids is 1. The summed E-state index contributed by atoms with van der Waals surface area (Å²) in [5.41, 5.74) is 0.0749. The van der Waals surface area contributed by atoms with Gasteiger partial charge in [-0.1, -0.05) is 41.9 Å². The molecule has 268 valence electrons. The standard InChI is InChI=1S/C38H43ClFN7O4/c1-38(2,3)51-37(48)47-19-18-46(23-26(47)10-15-41)35-29-22-42-33(28-8-4-6-24-7-5-9-30(39)31(24)28)32(40)34(29)43-36(44-35)50-27-11-16-45(17-12-27)25-13-20-49-21-14-25/h4-9,22,25-27H,10-14,16-21,23H2,1-3H3/t26-/m0/s1. The number of nitrogens with zero attached hydrogens (tertiary/aromatic N) is 7. The first-order chi connectivity index (χ1) is 24.6. The molecule has 4 aromatic rings. The Morgan fingerprint density at radius 3 is 2.53 bits per heavy atom. The predicted octanol–water partition coefficient (Wildman–Crippen LogP) is 7.00. The first-order valence-electron chi connectivity index (χ1n) is 17.7. The highest BCUT2D eigenvalue weighted by molar-refractivity contribution is 6.36. The molecule has 1 atom stereocenters. The molecule has 7 rings (SSSR count). The third-order valence-electron chi connectivity index (χ3n) is 9.95. The summed E-state index contributed by atoms with van der Waals surface area (Å²) >= 11 is 6.64. The predicted molar refractivity (Wildman–Crippen MR) is 193 cm³/mol. The topological polar surface area (TPSA) is 117 Å². The third kappa shape index (κ3) is 7.52. The number of nitriles is 1. The van der Waals surface area contributed by atoms with Gasteiger partial charge < -0.3 is 24.0 Å². The number of hydrogen-bond donors (Lipinski definition) is 0. The molecule has 0 unspecified atom stereocenters. The van der Waals surface area contributed by atoms with E-state index in [-0.39, 0.29) is 42.8 Å². The van der Waals surface area contributed by atoms with E-state index in [1.54, 1.807) is 23.2 Å². The van der Waals surface area contributed by atoms with Crippen molar-refractivity contribution in [3.63, 3.8) is 0 Å². The summed E-state index contributed by atoms with van der Waals surface area (Å²) in [7, 11) is 0. The van der Waals surface area contributed by atoms with E-state index in [1.165, 1.54) is 0 Å². The van der Waals surface area contributed by atoms with E-state index in [4.69, 9.17) is 30.8 Å². The normalized spacial score (nSPS) is 19.7. The van der Waals surface area contributed by atoms with Gasteiger partial charge >= 0.3 is 12.1 Å². The Morgan fingerprint density at radius 2 is 1.80 bits per heavy atom. The molecule has 0 saturated carbocycles. The van der Waals surface area contributed by atoms with Crippen LogP contribution in [0.5, 0.6) is 6.01 Å². The summed E-state index contributed by atoms with van der Waals surface area (Å²) in [5, 5.41) is 12.2. The zero-order valence-electron chi connectivity index (χ0n) is 29.3. The van der Waals surface area contributed by atoms with Gasteiger partial charge in [0.15, 0.2) is 5.82 Å². The summed E-state index contributed by atoms with van der Waals surface area (Å²) in [5.74, 6) is -0.168. The van der Waals surface area contributed by atoms with Crippen LogP contribution < -0.4 is 9.64 Å². The maximum absolute atomic E-state index is 16.9. The lowest BCUT2D eigenvalue weighted by Gasteiger charge is -2.41. The van der Waals surface area contributed by atoms with E-state index in [1.807, 2.05) is 49.9 Å². The molecule has 1 amide bonds. The Balaban J connectivity index is 1.24. The molecule has 3 saturated heterocycles. The van der Waals surface area contributed by atoms with Gasteiger partial charge in [0.25, 0.3) is 0 Å². The molecule has 2 aromatic carbocycles. The van der Waals surface area contributed by atoms with Crippen LogP contribution in [0, 0.1) is 17.1 Å². The number of likely N-dealkylation sites (tertiary alicyclic amines) is 1. The van der Waals surface area contributed by atoms with Crippen LogP contribution in [0.1, 0.15) is 52.9 Å². The fourth-order valence-electron chi connectivity index (χ4n) is 7.44. The minimum atomic E-state index is -0.684. The zero-order chi connectivity index (χ0) is 35.7. The van der Waals surface area contributed by atoms with Crippen LogP contribution >= 0.6 is 11.6 Å². The second-order valence-corrected chi connectivity index (χ2v) is 14.9. The van der Waals surface area contributed by atoms with Crippen molar-refractivity contribution < 1.29 is 23.4 Å². The van der Waals surface area contributed by atoms with Crippen molar-refractivity contribution in [2.24, 2.45) is 0 Å². The third-order valence-corrected chi connectivity index (χ3v) is 10.3. The van der Waals surface area contributed by atoms with Gasteiger partial charge in [0, 0.05) is 74.1 Å². The fourth-order valence-corrected chi connectivity index (χ4v) is 7.73. The summed E-state index contributed by atoms with van der Waals surface area (Å²) in [6, 6.07) is 13.5. The number of rotatable bonds is 6. The molecule has 5 heterocycles. The molecule has 2 aromatic heterocycles. The molecule has 3 aliphatic heterocycles. The molecule has 3 fully saturated rings. The Morgan fingerprint density at radius 1 is 1.06 bits per heavy atom. The van der Waals surface area contributed by atoms with E-state index < -0.39 is 23.6 Å². The molecule has 0 radical (unpaired) electrons. The van der Waals surface area contributed by atoms with Crippen LogP contribution in [0.2, 0.25) is 5.02 Å². The molecule has 3 aliphatic rings. The molecular formula is C38H43ClFN7O4. The molecule has 0 bridgehead atoms. The molecule has 51 heavy (non-hydrogen) atoms. The van der Waals surface area contributed by atoms with Crippen LogP contribution in [-0.4, -0.2) is 101 Å². The number of hydrogen-bond acceptors (Lipinski definition) is 10. The lowest BCUT2D eigenvalue weighted by atomic mass is 10.0. The van der Waals surface area contributed by atoms with Gasteiger partial charge in [0.05, 0.1) is 23.9 Å². The fraction of sp³-hybridized carbons (Fsp3) is 0.500. The number of ether oxygens (including phenoxy) is 3. The Hall–Kier alpha value is -4.31. The van der Waals surface area contributed by atoms with Crippen LogP contribution in [0.15, 0.2) is 42.6 Å². The Kier molecular flexibility index (Phi) is 10.1. The van der Waals surface area contributed by atoms with Gasteiger partial charge in [0.1, 0.15) is 28.7 Å². The van der Waals surface area contributed by atoms with Crippen molar-refractivity contribution in [1.29, 1.82) is 5.26 Å². The number of piperidine rings is 1. The Labute approximate surface area is 302 Å². The van der Waals surface area contributed by atoms with Crippen molar-refractivity contribution in [3.8, 4) is 23.3 Å². The highest BCUT2D eigenvalue weighted by atomic mass is 35.5. The minimum absolute atomic E-state index is 0.0788. The lowest BCUT2D eigenvalue weighted by molar-refractivity contribution is 0.00865. The average molecular weight is 716 g/mol. The Bertz CT molecular complexity index is 1950. The van der Waals surface area contributed by atoms with Crippen LogP contribution in [0.3, 0.4) is 0 Å². The number of fused-ring (bicyclic) bond motifs is 2. The van der Waals surface area contributed by atoms with Crippen molar-refractivity contribution in [2.75, 3.05) is 50.8 Å². The van der Waals surface area contributed by atoms with E-state index in [0.717, 1.165) is 57.4 Å². The average Bonchev–Trinajstić information content (AvgIpc) is 3.12.